The van der Waals surface area contributed by atoms with E-state index in [2.05, 4.69) is 0 Å². The molecule has 4 atom stereocenters. The summed E-state index contributed by atoms with van der Waals surface area (Å²) in [7, 11) is 0. The van der Waals surface area contributed by atoms with E-state index >= 15 is 0 Å². The maximum atomic E-state index is 14.0. The lowest BCUT2D eigenvalue weighted by Gasteiger charge is -2.49. The van der Waals surface area contributed by atoms with Crippen molar-refractivity contribution in [1.82, 2.24) is 4.90 Å². The van der Waals surface area contributed by atoms with Crippen molar-refractivity contribution in [3.8, 4) is 0 Å². The van der Waals surface area contributed by atoms with Gasteiger partial charge in [0, 0.05) is 6.04 Å². The van der Waals surface area contributed by atoms with Crippen molar-refractivity contribution in [3.63, 3.8) is 0 Å². The SMILES string of the molecule is CC(C)(C)OC(=O)N1C2CCCC1[C@@H](F)[C@H](O)C2. The Bertz CT molecular complexity index is 329. The Hall–Kier alpha value is -0.840. The largest absolute Gasteiger partial charge is 0.444 e. The van der Waals surface area contributed by atoms with Gasteiger partial charge in [-0.2, -0.15) is 0 Å². The number of carbonyl (C=O) groups excluding carboxylic acids is 1. The third-order valence-corrected chi connectivity index (χ3v) is 3.64. The second-order valence-electron chi connectivity index (χ2n) is 6.29. The minimum absolute atomic E-state index is 0.0828. The Labute approximate surface area is 107 Å². The smallest absolute Gasteiger partial charge is 0.410 e. The van der Waals surface area contributed by atoms with Crippen LogP contribution in [0.2, 0.25) is 0 Å². The van der Waals surface area contributed by atoms with E-state index in [1.54, 1.807) is 20.8 Å². The summed E-state index contributed by atoms with van der Waals surface area (Å²) in [6, 6.07) is -0.608. The molecule has 0 radical (unpaired) electrons. The van der Waals surface area contributed by atoms with Crippen molar-refractivity contribution < 1.29 is 19.0 Å². The summed E-state index contributed by atoms with van der Waals surface area (Å²) in [5.74, 6) is 0. The summed E-state index contributed by atoms with van der Waals surface area (Å²) in [5.41, 5.74) is -0.576. The molecule has 2 bridgehead atoms. The Balaban J connectivity index is 2.14. The predicted octanol–water partition coefficient (Wildman–Crippen LogP) is 2.25. The first kappa shape index (κ1) is 13.6. The first-order valence-corrected chi connectivity index (χ1v) is 6.63. The first-order chi connectivity index (χ1) is 8.29. The summed E-state index contributed by atoms with van der Waals surface area (Å²) in [4.78, 5) is 13.7. The van der Waals surface area contributed by atoms with Crippen LogP contribution in [0.3, 0.4) is 0 Å². The maximum absolute atomic E-state index is 14.0. The highest BCUT2D eigenvalue weighted by atomic mass is 19.1. The molecule has 2 rings (SSSR count). The highest BCUT2D eigenvalue weighted by molar-refractivity contribution is 5.69. The van der Waals surface area contributed by atoms with Crippen molar-refractivity contribution in [2.24, 2.45) is 0 Å². The van der Waals surface area contributed by atoms with E-state index in [9.17, 15) is 14.3 Å². The van der Waals surface area contributed by atoms with Crippen LogP contribution >= 0.6 is 0 Å². The van der Waals surface area contributed by atoms with E-state index in [0.29, 0.717) is 12.8 Å². The number of alkyl halides is 1. The van der Waals surface area contributed by atoms with Gasteiger partial charge in [0.1, 0.15) is 11.8 Å². The minimum Gasteiger partial charge on any atom is -0.444 e. The standard InChI is InChI=1S/C13H22FNO3/c1-13(2,3)18-12(17)15-8-5-4-6-9(15)11(14)10(16)7-8/h8-11,16H,4-7H2,1-3H3/t8?,9?,10-,11-/m1/s1. The normalized spacial score (nSPS) is 36.4. The van der Waals surface area contributed by atoms with Crippen LogP contribution in [0.4, 0.5) is 9.18 Å². The Morgan fingerprint density at radius 1 is 1.39 bits per heavy atom. The number of halogens is 1. The molecule has 0 aliphatic carbocycles. The lowest BCUT2D eigenvalue weighted by Crippen LogP contribution is -2.62. The molecular formula is C13H22FNO3. The molecule has 18 heavy (non-hydrogen) atoms. The number of aliphatic hydroxyl groups excluding tert-OH is 1. The van der Waals surface area contributed by atoms with Gasteiger partial charge in [-0.1, -0.05) is 0 Å². The van der Waals surface area contributed by atoms with Gasteiger partial charge >= 0.3 is 6.09 Å². The fourth-order valence-corrected chi connectivity index (χ4v) is 2.92. The van der Waals surface area contributed by atoms with Gasteiger partial charge in [0.15, 0.2) is 0 Å². The van der Waals surface area contributed by atoms with Gasteiger partial charge in [-0.15, -0.1) is 0 Å². The van der Waals surface area contributed by atoms with Crippen LogP contribution in [-0.2, 0) is 4.74 Å². The fourth-order valence-electron chi connectivity index (χ4n) is 2.92. The molecule has 0 aromatic carbocycles. The summed E-state index contributed by atoms with van der Waals surface area (Å²) in [6.07, 6.45) is -0.105. The van der Waals surface area contributed by atoms with E-state index < -0.39 is 30.0 Å². The molecule has 0 saturated carbocycles. The van der Waals surface area contributed by atoms with E-state index in [1.807, 2.05) is 0 Å². The van der Waals surface area contributed by atoms with Gasteiger partial charge in [0.2, 0.25) is 0 Å². The fraction of sp³-hybridized carbons (Fsp3) is 0.923. The molecule has 104 valence electrons. The number of ether oxygens (including phenoxy) is 1. The number of fused-ring (bicyclic) bond motifs is 2. The molecule has 1 amide bonds. The molecule has 0 spiro atoms. The number of rotatable bonds is 0. The third kappa shape index (κ3) is 2.60. The number of aliphatic hydroxyl groups is 1. The Kier molecular flexibility index (Phi) is 3.54. The molecular weight excluding hydrogens is 237 g/mol. The maximum Gasteiger partial charge on any atom is 0.410 e. The van der Waals surface area contributed by atoms with Crippen molar-refractivity contribution >= 4 is 6.09 Å². The molecule has 4 nitrogen and oxygen atoms in total. The Morgan fingerprint density at radius 3 is 2.67 bits per heavy atom. The van der Waals surface area contributed by atoms with Crippen LogP contribution in [0.5, 0.6) is 0 Å². The molecule has 2 unspecified atom stereocenters. The van der Waals surface area contributed by atoms with Gasteiger partial charge in [-0.05, 0) is 46.5 Å². The van der Waals surface area contributed by atoms with E-state index in [0.717, 1.165) is 12.8 Å². The monoisotopic (exact) mass is 259 g/mol. The lowest BCUT2D eigenvalue weighted by molar-refractivity contribution is -0.0865. The number of amides is 1. The van der Waals surface area contributed by atoms with E-state index in [1.165, 1.54) is 4.90 Å². The van der Waals surface area contributed by atoms with Crippen molar-refractivity contribution in [1.29, 1.82) is 0 Å². The van der Waals surface area contributed by atoms with Gasteiger partial charge in [-0.25, -0.2) is 9.18 Å². The zero-order chi connectivity index (χ0) is 13.5. The van der Waals surface area contributed by atoms with Crippen LogP contribution in [-0.4, -0.2) is 46.1 Å². The predicted molar refractivity (Wildman–Crippen MR) is 65.0 cm³/mol. The molecule has 0 aromatic heterocycles. The third-order valence-electron chi connectivity index (χ3n) is 3.64. The molecule has 2 aliphatic heterocycles. The molecule has 2 saturated heterocycles. The number of piperidine rings is 2. The van der Waals surface area contributed by atoms with Crippen LogP contribution in [0.1, 0.15) is 46.5 Å². The number of nitrogens with zero attached hydrogens (tertiary/aromatic N) is 1. The molecule has 2 heterocycles. The second kappa shape index (κ2) is 4.68. The zero-order valence-corrected chi connectivity index (χ0v) is 11.2. The average Bonchev–Trinajstić information content (AvgIpc) is 2.23. The van der Waals surface area contributed by atoms with Gasteiger partial charge in [0.25, 0.3) is 0 Å². The van der Waals surface area contributed by atoms with Gasteiger partial charge < -0.3 is 9.84 Å². The molecule has 2 aliphatic rings. The van der Waals surface area contributed by atoms with Crippen LogP contribution in [0.15, 0.2) is 0 Å². The van der Waals surface area contributed by atoms with Crippen molar-refractivity contribution in [2.45, 2.75) is 76.4 Å². The van der Waals surface area contributed by atoms with Crippen LogP contribution < -0.4 is 0 Å². The summed E-state index contributed by atoms with van der Waals surface area (Å²) >= 11 is 0. The summed E-state index contributed by atoms with van der Waals surface area (Å²) in [5, 5.41) is 9.66. The lowest BCUT2D eigenvalue weighted by atomic mass is 9.82. The molecule has 2 fully saturated rings. The quantitative estimate of drug-likeness (QED) is 0.726. The van der Waals surface area contributed by atoms with Crippen molar-refractivity contribution in [3.05, 3.63) is 0 Å². The number of carbonyl (C=O) groups is 1. The Morgan fingerprint density at radius 2 is 2.06 bits per heavy atom. The average molecular weight is 259 g/mol. The molecule has 5 heteroatoms. The highest BCUT2D eigenvalue weighted by Gasteiger charge is 2.48. The minimum atomic E-state index is -1.35. The summed E-state index contributed by atoms with van der Waals surface area (Å²) in [6.45, 7) is 5.39. The molecule has 0 aromatic rings. The first-order valence-electron chi connectivity index (χ1n) is 6.63. The van der Waals surface area contributed by atoms with Gasteiger partial charge in [-0.3, -0.25) is 4.90 Å². The molecule has 1 N–H and O–H groups in total. The van der Waals surface area contributed by atoms with Crippen molar-refractivity contribution in [2.75, 3.05) is 0 Å². The topological polar surface area (TPSA) is 49.8 Å². The highest BCUT2D eigenvalue weighted by Crippen LogP contribution is 2.36. The van der Waals surface area contributed by atoms with E-state index in [-0.39, 0.29) is 6.04 Å². The summed E-state index contributed by atoms with van der Waals surface area (Å²) < 4.78 is 19.3. The number of hydrogen-bond donors (Lipinski definition) is 1. The van der Waals surface area contributed by atoms with Crippen LogP contribution in [0.25, 0.3) is 0 Å². The zero-order valence-electron chi connectivity index (χ0n) is 11.2. The van der Waals surface area contributed by atoms with Gasteiger partial charge in [0.05, 0.1) is 12.1 Å². The van der Waals surface area contributed by atoms with E-state index in [4.69, 9.17) is 4.74 Å². The number of hydrogen-bond acceptors (Lipinski definition) is 3. The second-order valence-corrected chi connectivity index (χ2v) is 6.29. The van der Waals surface area contributed by atoms with Crippen LogP contribution in [0, 0.1) is 0 Å².